The van der Waals surface area contributed by atoms with E-state index in [9.17, 15) is 0 Å². The molecule has 0 radical (unpaired) electrons. The van der Waals surface area contributed by atoms with Gasteiger partial charge in [0.15, 0.2) is 0 Å². The quantitative estimate of drug-likeness (QED) is 0.305. The highest BCUT2D eigenvalue weighted by molar-refractivity contribution is 7.80. The van der Waals surface area contributed by atoms with E-state index in [-0.39, 0.29) is 0 Å². The molecule has 0 aromatic carbocycles. The van der Waals surface area contributed by atoms with Crippen LogP contribution in [-0.4, -0.2) is 18.5 Å². The van der Waals surface area contributed by atoms with E-state index in [0.29, 0.717) is 6.10 Å². The Bertz CT molecular complexity index is 220. The van der Waals surface area contributed by atoms with Crippen molar-refractivity contribution in [1.29, 1.82) is 0 Å². The molecule has 1 aliphatic heterocycles. The minimum absolute atomic E-state index is 0.579. The van der Waals surface area contributed by atoms with E-state index >= 15 is 0 Å². The Labute approximate surface area is 139 Å². The fourth-order valence-electron chi connectivity index (χ4n) is 3.55. The highest BCUT2D eigenvalue weighted by atomic mass is 32.1. The van der Waals surface area contributed by atoms with Gasteiger partial charge in [-0.1, -0.05) is 64.7 Å². The fourth-order valence-corrected chi connectivity index (χ4v) is 3.77. The van der Waals surface area contributed by atoms with Crippen LogP contribution >= 0.6 is 12.6 Å². The van der Waals surface area contributed by atoms with Crippen LogP contribution in [0.5, 0.6) is 0 Å². The van der Waals surface area contributed by atoms with Crippen LogP contribution in [0.1, 0.15) is 96.8 Å². The van der Waals surface area contributed by atoms with Crippen molar-refractivity contribution in [2.75, 3.05) is 12.4 Å². The third-order valence-corrected chi connectivity index (χ3v) is 5.22. The summed E-state index contributed by atoms with van der Waals surface area (Å²) in [5.41, 5.74) is 0. The minimum Gasteiger partial charge on any atom is -0.378 e. The molecule has 0 bridgehead atoms. The lowest BCUT2D eigenvalue weighted by molar-refractivity contribution is -0.0352. The van der Waals surface area contributed by atoms with Crippen LogP contribution in [0, 0.1) is 5.92 Å². The molecule has 1 rings (SSSR count). The molecule has 1 aliphatic rings. The molecule has 1 fully saturated rings. The van der Waals surface area contributed by atoms with Crippen molar-refractivity contribution in [2.45, 2.75) is 103 Å². The Balaban J connectivity index is 2.08. The zero-order chi connectivity index (χ0) is 15.2. The first-order chi connectivity index (χ1) is 10.4. The van der Waals surface area contributed by atoms with E-state index in [1.54, 1.807) is 0 Å². The molecular formula is C19H38OS. The van der Waals surface area contributed by atoms with Gasteiger partial charge in [-0.15, -0.1) is 0 Å². The van der Waals surface area contributed by atoms with Crippen molar-refractivity contribution in [3.63, 3.8) is 0 Å². The molecule has 1 heterocycles. The number of hydrogen-bond donors (Lipinski definition) is 1. The second kappa shape index (κ2) is 13.9. The van der Waals surface area contributed by atoms with Gasteiger partial charge in [-0.25, -0.2) is 0 Å². The molecule has 2 atom stereocenters. The van der Waals surface area contributed by atoms with E-state index in [2.05, 4.69) is 19.6 Å². The SMILES string of the molecule is CCCCCCCC[C@H]1OCCC[C@@H]1CCCCCCS. The number of rotatable bonds is 13. The Morgan fingerprint density at radius 2 is 1.52 bits per heavy atom. The van der Waals surface area contributed by atoms with E-state index in [1.165, 1.54) is 89.9 Å². The molecule has 1 saturated heterocycles. The molecule has 0 spiro atoms. The fraction of sp³-hybridized carbons (Fsp3) is 1.00. The van der Waals surface area contributed by atoms with Crippen molar-refractivity contribution in [2.24, 2.45) is 5.92 Å². The van der Waals surface area contributed by atoms with Crippen molar-refractivity contribution in [1.82, 2.24) is 0 Å². The van der Waals surface area contributed by atoms with Gasteiger partial charge in [-0.05, 0) is 43.8 Å². The van der Waals surface area contributed by atoms with Crippen molar-refractivity contribution < 1.29 is 4.74 Å². The van der Waals surface area contributed by atoms with E-state index in [1.807, 2.05) is 0 Å². The molecule has 21 heavy (non-hydrogen) atoms. The zero-order valence-corrected chi connectivity index (χ0v) is 15.2. The van der Waals surface area contributed by atoms with Gasteiger partial charge in [0.1, 0.15) is 0 Å². The van der Waals surface area contributed by atoms with Gasteiger partial charge in [0.05, 0.1) is 6.10 Å². The maximum Gasteiger partial charge on any atom is 0.0603 e. The molecule has 0 N–H and O–H groups in total. The highest BCUT2D eigenvalue weighted by Crippen LogP contribution is 2.29. The smallest absolute Gasteiger partial charge is 0.0603 e. The molecule has 2 heteroatoms. The number of ether oxygens (including phenoxy) is 1. The van der Waals surface area contributed by atoms with Crippen molar-refractivity contribution in [3.05, 3.63) is 0 Å². The van der Waals surface area contributed by atoms with Crippen LogP contribution in [0.4, 0.5) is 0 Å². The first kappa shape index (κ1) is 19.4. The third-order valence-electron chi connectivity index (χ3n) is 4.90. The standard InChI is InChI=1S/C19H38OS/c1-2-3-4-5-6-10-15-19-18(14-12-16-20-19)13-9-7-8-11-17-21/h18-19,21H,2-17H2,1H3/t18-,19+/m0/s1. The predicted octanol–water partition coefficient (Wildman–Crippen LogP) is 6.41. The molecule has 0 amide bonds. The number of thiol groups is 1. The summed E-state index contributed by atoms with van der Waals surface area (Å²) in [4.78, 5) is 0. The average Bonchev–Trinajstić information content (AvgIpc) is 2.52. The summed E-state index contributed by atoms with van der Waals surface area (Å²) in [6, 6.07) is 0. The van der Waals surface area contributed by atoms with Crippen LogP contribution in [0.25, 0.3) is 0 Å². The topological polar surface area (TPSA) is 9.23 Å². The molecule has 0 aromatic heterocycles. The molecule has 1 nitrogen and oxygen atoms in total. The highest BCUT2D eigenvalue weighted by Gasteiger charge is 2.24. The Morgan fingerprint density at radius 1 is 0.857 bits per heavy atom. The minimum atomic E-state index is 0.579. The van der Waals surface area contributed by atoms with Gasteiger partial charge in [0, 0.05) is 6.61 Å². The van der Waals surface area contributed by atoms with Crippen LogP contribution in [0.2, 0.25) is 0 Å². The molecule has 0 saturated carbocycles. The van der Waals surface area contributed by atoms with Gasteiger partial charge in [-0.3, -0.25) is 0 Å². The maximum atomic E-state index is 6.08. The van der Waals surface area contributed by atoms with Gasteiger partial charge in [-0.2, -0.15) is 12.6 Å². The summed E-state index contributed by atoms with van der Waals surface area (Å²) in [6.45, 7) is 3.30. The van der Waals surface area contributed by atoms with Crippen molar-refractivity contribution >= 4 is 12.6 Å². The monoisotopic (exact) mass is 314 g/mol. The van der Waals surface area contributed by atoms with Crippen molar-refractivity contribution in [3.8, 4) is 0 Å². The van der Waals surface area contributed by atoms with E-state index < -0.39 is 0 Å². The summed E-state index contributed by atoms with van der Waals surface area (Å²) >= 11 is 4.29. The lowest BCUT2D eigenvalue weighted by atomic mass is 9.86. The lowest BCUT2D eigenvalue weighted by Gasteiger charge is -2.32. The van der Waals surface area contributed by atoms with Gasteiger partial charge >= 0.3 is 0 Å². The first-order valence-corrected chi connectivity index (χ1v) is 10.2. The zero-order valence-electron chi connectivity index (χ0n) is 14.3. The molecule has 0 aliphatic carbocycles. The number of hydrogen-bond acceptors (Lipinski definition) is 2. The third kappa shape index (κ3) is 9.84. The average molecular weight is 315 g/mol. The van der Waals surface area contributed by atoms with Gasteiger partial charge in [0.25, 0.3) is 0 Å². The van der Waals surface area contributed by atoms with E-state index in [0.717, 1.165) is 18.3 Å². The second-order valence-corrected chi connectivity index (χ2v) is 7.24. The Hall–Kier alpha value is 0.310. The van der Waals surface area contributed by atoms with Gasteiger partial charge < -0.3 is 4.74 Å². The second-order valence-electron chi connectivity index (χ2n) is 6.79. The summed E-state index contributed by atoms with van der Waals surface area (Å²) in [7, 11) is 0. The Kier molecular flexibility index (Phi) is 12.8. The number of unbranched alkanes of at least 4 members (excludes halogenated alkanes) is 8. The Morgan fingerprint density at radius 3 is 2.29 bits per heavy atom. The summed E-state index contributed by atoms with van der Waals surface area (Å²) in [5, 5.41) is 0. The van der Waals surface area contributed by atoms with Crippen LogP contribution in [0.3, 0.4) is 0 Å². The first-order valence-electron chi connectivity index (χ1n) is 9.61. The largest absolute Gasteiger partial charge is 0.378 e. The normalized spacial score (nSPS) is 22.6. The molecule has 0 unspecified atom stereocenters. The van der Waals surface area contributed by atoms with Crippen LogP contribution in [-0.2, 0) is 4.74 Å². The summed E-state index contributed by atoms with van der Waals surface area (Å²) in [5.74, 6) is 1.90. The summed E-state index contributed by atoms with van der Waals surface area (Å²) in [6.07, 6.45) is 19.8. The molecular weight excluding hydrogens is 276 g/mol. The van der Waals surface area contributed by atoms with Crippen LogP contribution in [0.15, 0.2) is 0 Å². The van der Waals surface area contributed by atoms with Gasteiger partial charge in [0.2, 0.25) is 0 Å². The lowest BCUT2D eigenvalue weighted by Crippen LogP contribution is -2.29. The maximum absolute atomic E-state index is 6.08. The molecule has 0 aromatic rings. The summed E-state index contributed by atoms with van der Waals surface area (Å²) < 4.78 is 6.08. The molecule has 126 valence electrons. The predicted molar refractivity (Wildman–Crippen MR) is 97.4 cm³/mol. The van der Waals surface area contributed by atoms with E-state index in [4.69, 9.17) is 4.74 Å². The van der Waals surface area contributed by atoms with Crippen LogP contribution < -0.4 is 0 Å².